The fourth-order valence-corrected chi connectivity index (χ4v) is 3.31. The van der Waals surface area contributed by atoms with Gasteiger partial charge in [-0.2, -0.15) is 4.98 Å². The standard InChI is InChI=1S/C19H18ClN3O2S/c1-13-7-9-14(10-8-13)26-12-18(24)23(2)11-17-21-19(22-25-17)15-5-3-4-6-16(15)20/h3-10H,11-12H2,1-2H3. The van der Waals surface area contributed by atoms with E-state index in [1.54, 1.807) is 18.0 Å². The van der Waals surface area contributed by atoms with Gasteiger partial charge in [0.05, 0.1) is 17.3 Å². The van der Waals surface area contributed by atoms with Crippen molar-refractivity contribution >= 4 is 29.3 Å². The van der Waals surface area contributed by atoms with E-state index in [-0.39, 0.29) is 12.5 Å². The van der Waals surface area contributed by atoms with E-state index in [2.05, 4.69) is 10.1 Å². The maximum Gasteiger partial charge on any atom is 0.246 e. The minimum Gasteiger partial charge on any atom is -0.337 e. The monoisotopic (exact) mass is 387 g/mol. The molecule has 0 fully saturated rings. The molecule has 0 bridgehead atoms. The molecule has 0 saturated heterocycles. The van der Waals surface area contributed by atoms with Gasteiger partial charge in [0, 0.05) is 17.5 Å². The molecule has 0 saturated carbocycles. The number of rotatable bonds is 6. The van der Waals surface area contributed by atoms with Gasteiger partial charge < -0.3 is 9.42 Å². The number of hydrogen-bond acceptors (Lipinski definition) is 5. The lowest BCUT2D eigenvalue weighted by Gasteiger charge is -2.14. The zero-order valence-electron chi connectivity index (χ0n) is 14.5. The van der Waals surface area contributed by atoms with Gasteiger partial charge in [0.15, 0.2) is 0 Å². The van der Waals surface area contributed by atoms with Crippen LogP contribution in [0.1, 0.15) is 11.5 Å². The SMILES string of the molecule is Cc1ccc(SCC(=O)N(C)Cc2nc(-c3ccccc3Cl)no2)cc1. The molecule has 0 aliphatic heterocycles. The third-order valence-corrected chi connectivity index (χ3v) is 5.09. The summed E-state index contributed by atoms with van der Waals surface area (Å²) in [7, 11) is 1.72. The third kappa shape index (κ3) is 4.65. The number of aryl methyl sites for hydroxylation is 1. The van der Waals surface area contributed by atoms with Crippen LogP contribution in [-0.2, 0) is 11.3 Å². The lowest BCUT2D eigenvalue weighted by molar-refractivity contribution is -0.127. The average Bonchev–Trinajstić information content (AvgIpc) is 3.09. The Balaban J connectivity index is 1.57. The summed E-state index contributed by atoms with van der Waals surface area (Å²) in [4.78, 5) is 19.3. The molecule has 0 atom stereocenters. The second-order valence-corrected chi connectivity index (χ2v) is 7.30. The van der Waals surface area contributed by atoms with E-state index in [1.807, 2.05) is 49.4 Å². The van der Waals surface area contributed by atoms with Gasteiger partial charge in [-0.3, -0.25) is 4.79 Å². The summed E-state index contributed by atoms with van der Waals surface area (Å²) in [5, 5.41) is 4.50. The summed E-state index contributed by atoms with van der Waals surface area (Å²) >= 11 is 7.65. The Kier molecular flexibility index (Phi) is 5.96. The summed E-state index contributed by atoms with van der Waals surface area (Å²) in [5.41, 5.74) is 1.90. The van der Waals surface area contributed by atoms with Crippen molar-refractivity contribution < 1.29 is 9.32 Å². The zero-order chi connectivity index (χ0) is 18.5. The Morgan fingerprint density at radius 3 is 2.65 bits per heavy atom. The Hall–Kier alpha value is -2.31. The number of amides is 1. The fourth-order valence-electron chi connectivity index (χ4n) is 2.25. The second kappa shape index (κ2) is 8.38. The van der Waals surface area contributed by atoms with Crippen LogP contribution in [0.25, 0.3) is 11.4 Å². The van der Waals surface area contributed by atoms with Gasteiger partial charge in [-0.25, -0.2) is 0 Å². The number of benzene rings is 2. The highest BCUT2D eigenvalue weighted by atomic mass is 35.5. The van der Waals surface area contributed by atoms with Crippen LogP contribution in [0.4, 0.5) is 0 Å². The van der Waals surface area contributed by atoms with Crippen LogP contribution < -0.4 is 0 Å². The van der Waals surface area contributed by atoms with Gasteiger partial charge >= 0.3 is 0 Å². The van der Waals surface area contributed by atoms with Crippen molar-refractivity contribution in [3.8, 4) is 11.4 Å². The number of thioether (sulfide) groups is 1. The van der Waals surface area contributed by atoms with Crippen molar-refractivity contribution in [2.24, 2.45) is 0 Å². The Labute approximate surface area is 161 Å². The molecule has 1 heterocycles. The maximum atomic E-state index is 12.3. The van der Waals surface area contributed by atoms with Crippen molar-refractivity contribution in [2.45, 2.75) is 18.4 Å². The van der Waals surface area contributed by atoms with Crippen LogP contribution in [0.2, 0.25) is 5.02 Å². The molecule has 3 aromatic rings. The van der Waals surface area contributed by atoms with Gasteiger partial charge in [-0.15, -0.1) is 11.8 Å². The maximum absolute atomic E-state index is 12.3. The number of hydrogen-bond donors (Lipinski definition) is 0. The first-order valence-corrected chi connectivity index (χ1v) is 9.40. The van der Waals surface area contributed by atoms with Crippen LogP contribution in [0.15, 0.2) is 57.9 Å². The van der Waals surface area contributed by atoms with Crippen molar-refractivity contribution in [3.05, 3.63) is 65.0 Å². The van der Waals surface area contributed by atoms with Gasteiger partial charge in [0.1, 0.15) is 0 Å². The van der Waals surface area contributed by atoms with Crippen molar-refractivity contribution in [1.29, 1.82) is 0 Å². The first-order valence-electron chi connectivity index (χ1n) is 8.04. The molecule has 0 aliphatic rings. The Bertz CT molecular complexity index is 896. The first kappa shape index (κ1) is 18.5. The highest BCUT2D eigenvalue weighted by molar-refractivity contribution is 8.00. The molecule has 134 valence electrons. The Morgan fingerprint density at radius 1 is 1.19 bits per heavy atom. The lowest BCUT2D eigenvalue weighted by Crippen LogP contribution is -2.27. The third-order valence-electron chi connectivity index (χ3n) is 3.76. The van der Waals surface area contributed by atoms with Crippen LogP contribution in [0.5, 0.6) is 0 Å². The van der Waals surface area contributed by atoms with Crippen molar-refractivity contribution in [3.63, 3.8) is 0 Å². The number of carbonyl (C=O) groups is 1. The summed E-state index contributed by atoms with van der Waals surface area (Å²) in [5.74, 6) is 1.13. The van der Waals surface area contributed by atoms with Crippen molar-refractivity contribution in [1.82, 2.24) is 15.0 Å². The van der Waals surface area contributed by atoms with E-state index < -0.39 is 0 Å². The first-order chi connectivity index (χ1) is 12.5. The highest BCUT2D eigenvalue weighted by Gasteiger charge is 2.16. The normalized spacial score (nSPS) is 10.7. The predicted molar refractivity (Wildman–Crippen MR) is 103 cm³/mol. The van der Waals surface area contributed by atoms with E-state index in [0.29, 0.717) is 28.1 Å². The number of halogens is 1. The molecule has 2 aromatic carbocycles. The molecule has 0 unspecified atom stereocenters. The molecule has 0 spiro atoms. The van der Waals surface area contributed by atoms with Crippen LogP contribution in [0, 0.1) is 6.92 Å². The highest BCUT2D eigenvalue weighted by Crippen LogP contribution is 2.25. The topological polar surface area (TPSA) is 59.2 Å². The summed E-state index contributed by atoms with van der Waals surface area (Å²) in [6.45, 7) is 2.29. The van der Waals surface area contributed by atoms with Gasteiger partial charge in [-0.1, -0.05) is 46.6 Å². The molecule has 0 N–H and O–H groups in total. The summed E-state index contributed by atoms with van der Waals surface area (Å²) < 4.78 is 5.25. The molecular formula is C19H18ClN3O2S. The predicted octanol–water partition coefficient (Wildman–Crippen LogP) is 4.45. The van der Waals surface area contributed by atoms with Crippen LogP contribution >= 0.6 is 23.4 Å². The van der Waals surface area contributed by atoms with Gasteiger partial charge in [0.2, 0.25) is 17.6 Å². The van der Waals surface area contributed by atoms with E-state index in [9.17, 15) is 4.79 Å². The lowest BCUT2D eigenvalue weighted by atomic mass is 10.2. The number of carbonyl (C=O) groups excluding carboxylic acids is 1. The molecular weight excluding hydrogens is 370 g/mol. The molecule has 1 aromatic heterocycles. The van der Waals surface area contributed by atoms with Gasteiger partial charge in [-0.05, 0) is 31.2 Å². The van der Waals surface area contributed by atoms with E-state index in [0.717, 1.165) is 4.90 Å². The second-order valence-electron chi connectivity index (χ2n) is 5.84. The molecule has 0 aliphatic carbocycles. The van der Waals surface area contributed by atoms with E-state index in [1.165, 1.54) is 17.3 Å². The van der Waals surface area contributed by atoms with Gasteiger partial charge in [0.25, 0.3) is 0 Å². The quantitative estimate of drug-likeness (QED) is 0.585. The molecule has 26 heavy (non-hydrogen) atoms. The summed E-state index contributed by atoms with van der Waals surface area (Å²) in [6.07, 6.45) is 0. The number of nitrogens with zero attached hydrogens (tertiary/aromatic N) is 3. The minimum absolute atomic E-state index is 0.00642. The Morgan fingerprint density at radius 2 is 1.92 bits per heavy atom. The van der Waals surface area contributed by atoms with Crippen LogP contribution in [-0.4, -0.2) is 33.7 Å². The average molecular weight is 388 g/mol. The zero-order valence-corrected chi connectivity index (χ0v) is 16.0. The smallest absolute Gasteiger partial charge is 0.246 e. The molecule has 1 amide bonds. The molecule has 3 rings (SSSR count). The van der Waals surface area contributed by atoms with E-state index in [4.69, 9.17) is 16.1 Å². The molecule has 0 radical (unpaired) electrons. The molecule has 5 nitrogen and oxygen atoms in total. The number of aromatic nitrogens is 2. The molecule has 7 heteroatoms. The largest absolute Gasteiger partial charge is 0.337 e. The van der Waals surface area contributed by atoms with Crippen molar-refractivity contribution in [2.75, 3.05) is 12.8 Å². The van der Waals surface area contributed by atoms with Crippen LogP contribution in [0.3, 0.4) is 0 Å². The summed E-state index contributed by atoms with van der Waals surface area (Å²) in [6, 6.07) is 15.4. The minimum atomic E-state index is -0.00642. The van der Waals surface area contributed by atoms with E-state index >= 15 is 0 Å². The fraction of sp³-hybridized carbons (Fsp3) is 0.211.